The van der Waals surface area contributed by atoms with Crippen LogP contribution in [-0.4, -0.2) is 28.8 Å². The molecule has 8 heteroatoms. The molecule has 0 spiro atoms. The Labute approximate surface area is 90.9 Å². The third kappa shape index (κ3) is 2.70. The van der Waals surface area contributed by atoms with Crippen molar-refractivity contribution in [2.75, 3.05) is 12.3 Å². The zero-order chi connectivity index (χ0) is 12.1. The van der Waals surface area contributed by atoms with Crippen LogP contribution in [0.25, 0.3) is 0 Å². The fourth-order valence-corrected chi connectivity index (χ4v) is 1.12. The van der Waals surface area contributed by atoms with Gasteiger partial charge in [-0.2, -0.15) is 0 Å². The fraction of sp³-hybridized carbons (Fsp3) is 0.375. The monoisotopic (exact) mass is 229 g/mol. The lowest BCUT2D eigenvalue weighted by atomic mass is 10.3. The minimum Gasteiger partial charge on any atom is -0.462 e. The molecule has 5 N–H and O–H groups in total. The number of aromatic nitrogens is 2. The van der Waals surface area contributed by atoms with Crippen molar-refractivity contribution in [2.45, 2.75) is 13.5 Å². The molecule has 1 aromatic heterocycles. The molecule has 0 radical (unpaired) electrons. The highest BCUT2D eigenvalue weighted by Crippen LogP contribution is 2.06. The van der Waals surface area contributed by atoms with Crippen LogP contribution in [0.2, 0.25) is 0 Å². The van der Waals surface area contributed by atoms with Crippen LogP contribution in [0, 0.1) is 0 Å². The standard InChI is InChI=1S/C8H12N4O4/c1-2-16-8(14)5-3-12(10-7(5)9)4-6(13)11-15/h3H,2,4H2,1H3,(H4,9,10,11,13,15)/p+1. The molecule has 0 atom stereocenters. The van der Waals surface area contributed by atoms with Crippen LogP contribution >= 0.6 is 0 Å². The van der Waals surface area contributed by atoms with Crippen LogP contribution in [0.4, 0.5) is 5.82 Å². The predicted octanol–water partition coefficient (Wildman–Crippen LogP) is -1.43. The number of amides is 1. The van der Waals surface area contributed by atoms with Gasteiger partial charge in [0.15, 0.2) is 11.4 Å². The summed E-state index contributed by atoms with van der Waals surface area (Å²) in [5.74, 6) is -1.11. The Kier molecular flexibility index (Phi) is 3.84. The van der Waals surface area contributed by atoms with Gasteiger partial charge in [0.05, 0.1) is 6.61 Å². The molecule has 1 rings (SSSR count). The van der Waals surface area contributed by atoms with Gasteiger partial charge >= 0.3 is 11.9 Å². The Bertz CT molecular complexity index is 401. The van der Waals surface area contributed by atoms with E-state index in [4.69, 9.17) is 15.7 Å². The molecule has 0 saturated carbocycles. The lowest BCUT2D eigenvalue weighted by Gasteiger charge is -1.95. The van der Waals surface area contributed by atoms with Gasteiger partial charge in [-0.05, 0) is 6.92 Å². The molecule has 0 aromatic carbocycles. The number of H-pyrrole nitrogens is 1. The topological polar surface area (TPSA) is 121 Å². The molecule has 0 aliphatic rings. The third-order valence-electron chi connectivity index (χ3n) is 1.77. The molecule has 0 aliphatic heterocycles. The number of carbonyl (C=O) groups excluding carboxylic acids is 2. The summed E-state index contributed by atoms with van der Waals surface area (Å²) in [6.07, 6.45) is 1.34. The van der Waals surface area contributed by atoms with Crippen molar-refractivity contribution in [3.05, 3.63) is 11.8 Å². The summed E-state index contributed by atoms with van der Waals surface area (Å²) in [4.78, 5) is 22.2. The first kappa shape index (κ1) is 12.0. The second-order valence-electron chi connectivity index (χ2n) is 2.95. The largest absolute Gasteiger partial charge is 0.462 e. The van der Waals surface area contributed by atoms with Crippen molar-refractivity contribution in [2.24, 2.45) is 0 Å². The van der Waals surface area contributed by atoms with Crippen molar-refractivity contribution in [1.29, 1.82) is 0 Å². The van der Waals surface area contributed by atoms with Crippen LogP contribution in [0.3, 0.4) is 0 Å². The second kappa shape index (κ2) is 5.12. The molecule has 0 unspecified atom stereocenters. The Morgan fingerprint density at radius 3 is 2.94 bits per heavy atom. The number of hydrogen-bond donors (Lipinski definition) is 4. The molecular formula is C8H13N4O4+. The van der Waals surface area contributed by atoms with E-state index in [1.54, 1.807) is 6.92 Å². The molecule has 88 valence electrons. The van der Waals surface area contributed by atoms with E-state index in [0.717, 1.165) is 0 Å². The van der Waals surface area contributed by atoms with Gasteiger partial charge in [-0.1, -0.05) is 0 Å². The number of carbonyl (C=O) groups is 2. The first-order valence-electron chi connectivity index (χ1n) is 4.56. The van der Waals surface area contributed by atoms with Gasteiger partial charge in [0.25, 0.3) is 6.54 Å². The number of ether oxygens (including phenoxy) is 1. The number of esters is 1. The van der Waals surface area contributed by atoms with Gasteiger partial charge in [-0.25, -0.2) is 10.3 Å². The van der Waals surface area contributed by atoms with Crippen LogP contribution in [-0.2, 0) is 16.1 Å². The molecule has 8 nitrogen and oxygen atoms in total. The highest BCUT2D eigenvalue weighted by atomic mass is 16.5. The van der Waals surface area contributed by atoms with E-state index in [2.05, 4.69) is 5.10 Å². The number of aromatic amines is 1. The Morgan fingerprint density at radius 1 is 1.69 bits per heavy atom. The van der Waals surface area contributed by atoms with Gasteiger partial charge in [0.1, 0.15) is 0 Å². The van der Waals surface area contributed by atoms with Gasteiger partial charge in [0.2, 0.25) is 6.20 Å². The van der Waals surface area contributed by atoms with E-state index < -0.39 is 11.9 Å². The number of hydrogen-bond acceptors (Lipinski definition) is 5. The fourth-order valence-electron chi connectivity index (χ4n) is 1.12. The Balaban J connectivity index is 2.81. The van der Waals surface area contributed by atoms with E-state index in [0.29, 0.717) is 0 Å². The highest BCUT2D eigenvalue weighted by molar-refractivity contribution is 5.93. The number of nitrogens with zero attached hydrogens (tertiary/aromatic N) is 1. The average molecular weight is 229 g/mol. The molecular weight excluding hydrogens is 216 g/mol. The quantitative estimate of drug-likeness (QED) is 0.218. The normalized spacial score (nSPS) is 9.88. The number of nitrogens with two attached hydrogens (primary N) is 1. The van der Waals surface area contributed by atoms with Crippen molar-refractivity contribution in [3.8, 4) is 0 Å². The van der Waals surface area contributed by atoms with Crippen LogP contribution in [0.5, 0.6) is 0 Å². The second-order valence-corrected chi connectivity index (χ2v) is 2.95. The summed E-state index contributed by atoms with van der Waals surface area (Å²) in [5, 5.41) is 10.9. The maximum atomic E-state index is 11.3. The summed E-state index contributed by atoms with van der Waals surface area (Å²) >= 11 is 0. The van der Waals surface area contributed by atoms with Crippen LogP contribution < -0.4 is 15.9 Å². The van der Waals surface area contributed by atoms with Gasteiger partial charge in [-0.3, -0.25) is 10.0 Å². The molecule has 1 heterocycles. The SMILES string of the molecule is CCOC(=O)c1c[n+](CC(=O)NO)[nH]c1N. The highest BCUT2D eigenvalue weighted by Gasteiger charge is 2.21. The van der Waals surface area contributed by atoms with Crippen molar-refractivity contribution in [3.63, 3.8) is 0 Å². The smallest absolute Gasteiger partial charge is 0.348 e. The minimum atomic E-state index is -0.637. The molecule has 0 saturated heterocycles. The third-order valence-corrected chi connectivity index (χ3v) is 1.77. The molecule has 1 amide bonds. The number of anilines is 1. The summed E-state index contributed by atoms with van der Waals surface area (Å²) < 4.78 is 6.01. The van der Waals surface area contributed by atoms with Crippen LogP contribution in [0.1, 0.15) is 17.3 Å². The van der Waals surface area contributed by atoms with Gasteiger partial charge in [0, 0.05) is 0 Å². The van der Waals surface area contributed by atoms with E-state index >= 15 is 0 Å². The number of nitrogens with one attached hydrogen (secondary N) is 2. The van der Waals surface area contributed by atoms with Crippen molar-refractivity contribution >= 4 is 17.7 Å². The summed E-state index contributed by atoms with van der Waals surface area (Å²) in [5.41, 5.74) is 7.12. The first-order chi connectivity index (χ1) is 7.58. The predicted molar refractivity (Wildman–Crippen MR) is 51.3 cm³/mol. The van der Waals surface area contributed by atoms with E-state index in [1.165, 1.54) is 16.4 Å². The molecule has 16 heavy (non-hydrogen) atoms. The number of rotatable bonds is 4. The maximum Gasteiger partial charge on any atom is 0.348 e. The molecule has 0 fully saturated rings. The summed E-state index contributed by atoms with van der Waals surface area (Å²) in [7, 11) is 0. The lowest BCUT2D eigenvalue weighted by molar-refractivity contribution is -0.737. The Morgan fingerprint density at radius 2 is 2.38 bits per heavy atom. The number of hydroxylamine groups is 1. The molecule has 0 bridgehead atoms. The zero-order valence-electron chi connectivity index (χ0n) is 8.69. The number of nitrogen functional groups attached to an aromatic ring is 1. The molecule has 0 aliphatic carbocycles. The lowest BCUT2D eigenvalue weighted by Crippen LogP contribution is -2.43. The van der Waals surface area contributed by atoms with Gasteiger partial charge in [-0.15, -0.1) is 9.78 Å². The van der Waals surface area contributed by atoms with Crippen molar-refractivity contribution in [1.82, 2.24) is 10.6 Å². The first-order valence-corrected chi connectivity index (χ1v) is 4.56. The summed E-state index contributed by atoms with van der Waals surface area (Å²) in [6, 6.07) is 0. The van der Waals surface area contributed by atoms with E-state index in [1.807, 2.05) is 0 Å². The van der Waals surface area contributed by atoms with Gasteiger partial charge < -0.3 is 10.5 Å². The van der Waals surface area contributed by atoms with Crippen molar-refractivity contribution < 1.29 is 24.2 Å². The maximum absolute atomic E-state index is 11.3. The van der Waals surface area contributed by atoms with E-state index in [-0.39, 0.29) is 24.5 Å². The zero-order valence-corrected chi connectivity index (χ0v) is 8.69. The van der Waals surface area contributed by atoms with E-state index in [9.17, 15) is 9.59 Å². The average Bonchev–Trinajstić information content (AvgIpc) is 2.59. The molecule has 1 aromatic rings. The Hall–Kier alpha value is -2.09. The minimum absolute atomic E-state index is 0.101. The summed E-state index contributed by atoms with van der Waals surface area (Å²) in [6.45, 7) is 1.73. The van der Waals surface area contributed by atoms with Crippen LogP contribution in [0.15, 0.2) is 6.20 Å².